The summed E-state index contributed by atoms with van der Waals surface area (Å²) >= 11 is 6.31. The lowest BCUT2D eigenvalue weighted by atomic mass is 10.1. The van der Waals surface area contributed by atoms with Crippen LogP contribution < -0.4 is 19.1 Å². The number of amides is 2. The molecular weight excluding hydrogens is 494 g/mol. The molecule has 0 saturated heterocycles. The lowest BCUT2D eigenvalue weighted by Crippen LogP contribution is -2.51. The predicted molar refractivity (Wildman–Crippen MR) is 137 cm³/mol. The van der Waals surface area contributed by atoms with Crippen molar-refractivity contribution in [2.45, 2.75) is 32.9 Å². The van der Waals surface area contributed by atoms with E-state index in [-0.39, 0.29) is 18.1 Å². The summed E-state index contributed by atoms with van der Waals surface area (Å²) in [5, 5.41) is 3.22. The van der Waals surface area contributed by atoms with Gasteiger partial charge in [0.05, 0.1) is 26.2 Å². The highest BCUT2D eigenvalue weighted by atomic mass is 35.5. The van der Waals surface area contributed by atoms with Crippen LogP contribution >= 0.6 is 11.6 Å². The molecule has 0 fully saturated rings. The largest absolute Gasteiger partial charge is 0.493 e. The summed E-state index contributed by atoms with van der Waals surface area (Å²) in [5.41, 5.74) is 0.856. The van der Waals surface area contributed by atoms with Crippen molar-refractivity contribution in [3.63, 3.8) is 0 Å². The maximum atomic E-state index is 13.5. The van der Waals surface area contributed by atoms with Crippen molar-refractivity contribution in [3.8, 4) is 11.5 Å². The Balaban J connectivity index is 2.43. The molecule has 2 aromatic rings. The van der Waals surface area contributed by atoms with Gasteiger partial charge >= 0.3 is 0 Å². The SMILES string of the molecule is CCCNC(=O)[C@H](C)N(Cc1ccccc1Cl)C(=O)CN(c1ccc(OC)c(OC)c1)S(C)(=O)=O. The molecule has 0 unspecified atom stereocenters. The lowest BCUT2D eigenvalue weighted by Gasteiger charge is -2.31. The zero-order valence-electron chi connectivity index (χ0n) is 20.6. The van der Waals surface area contributed by atoms with Gasteiger partial charge in [0.1, 0.15) is 12.6 Å². The number of anilines is 1. The number of nitrogens with one attached hydrogen (secondary N) is 1. The molecule has 9 nitrogen and oxygen atoms in total. The molecule has 2 amide bonds. The molecule has 2 rings (SSSR count). The number of carbonyl (C=O) groups is 2. The number of carbonyl (C=O) groups excluding carboxylic acids is 2. The van der Waals surface area contributed by atoms with Crippen LogP contribution in [0.2, 0.25) is 5.02 Å². The third-order valence-corrected chi connectivity index (χ3v) is 6.86. The first-order valence-electron chi connectivity index (χ1n) is 11.0. The average Bonchev–Trinajstić information content (AvgIpc) is 2.83. The van der Waals surface area contributed by atoms with E-state index in [2.05, 4.69) is 5.32 Å². The molecule has 2 aromatic carbocycles. The summed E-state index contributed by atoms with van der Waals surface area (Å²) in [6.07, 6.45) is 1.74. The zero-order chi connectivity index (χ0) is 26.2. The monoisotopic (exact) mass is 525 g/mol. The highest BCUT2D eigenvalue weighted by Gasteiger charge is 2.30. The first-order valence-corrected chi connectivity index (χ1v) is 13.3. The molecule has 35 heavy (non-hydrogen) atoms. The second kappa shape index (κ2) is 12.6. The van der Waals surface area contributed by atoms with E-state index in [0.29, 0.717) is 28.6 Å². The van der Waals surface area contributed by atoms with Crippen molar-refractivity contribution in [3.05, 3.63) is 53.1 Å². The van der Waals surface area contributed by atoms with Crippen LogP contribution in [0.3, 0.4) is 0 Å². The summed E-state index contributed by atoms with van der Waals surface area (Å²) in [4.78, 5) is 27.6. The Labute approximate surface area is 212 Å². The van der Waals surface area contributed by atoms with Gasteiger partial charge < -0.3 is 19.7 Å². The van der Waals surface area contributed by atoms with E-state index in [1.807, 2.05) is 6.92 Å². The first kappa shape index (κ1) is 28.3. The van der Waals surface area contributed by atoms with E-state index in [1.165, 1.54) is 31.3 Å². The Morgan fingerprint density at radius 2 is 1.74 bits per heavy atom. The number of rotatable bonds is 12. The van der Waals surface area contributed by atoms with Crippen LogP contribution in [-0.4, -0.2) is 64.7 Å². The molecule has 0 aliphatic carbocycles. The van der Waals surface area contributed by atoms with Crippen LogP contribution in [-0.2, 0) is 26.2 Å². The summed E-state index contributed by atoms with van der Waals surface area (Å²) in [6.45, 7) is 3.48. The van der Waals surface area contributed by atoms with Crippen molar-refractivity contribution in [1.82, 2.24) is 10.2 Å². The summed E-state index contributed by atoms with van der Waals surface area (Å²) in [6, 6.07) is 10.7. The lowest BCUT2D eigenvalue weighted by molar-refractivity contribution is -0.139. The quantitative estimate of drug-likeness (QED) is 0.456. The fourth-order valence-electron chi connectivity index (χ4n) is 3.38. The number of methoxy groups -OCH3 is 2. The highest BCUT2D eigenvalue weighted by Crippen LogP contribution is 2.32. The van der Waals surface area contributed by atoms with Gasteiger partial charge in [0.15, 0.2) is 11.5 Å². The Hall–Kier alpha value is -2.98. The normalized spacial score (nSPS) is 11.9. The molecule has 11 heteroatoms. The average molecular weight is 526 g/mol. The Morgan fingerprint density at radius 1 is 1.09 bits per heavy atom. The molecule has 1 N–H and O–H groups in total. The number of halogens is 1. The number of benzene rings is 2. The van der Waals surface area contributed by atoms with E-state index in [0.717, 1.165) is 17.0 Å². The predicted octanol–water partition coefficient (Wildman–Crippen LogP) is 3.07. The maximum absolute atomic E-state index is 13.5. The van der Waals surface area contributed by atoms with Crippen molar-refractivity contribution in [2.75, 3.05) is 37.9 Å². The van der Waals surface area contributed by atoms with Gasteiger partial charge in [0.2, 0.25) is 21.8 Å². The minimum atomic E-state index is -3.87. The van der Waals surface area contributed by atoms with Crippen LogP contribution in [0.5, 0.6) is 11.5 Å². The number of nitrogens with zero attached hydrogens (tertiary/aromatic N) is 2. The standard InChI is InChI=1S/C24H32ClN3O6S/c1-6-13-26-24(30)17(2)27(15-18-9-7-8-10-20(18)25)23(29)16-28(35(5,31)32)19-11-12-21(33-3)22(14-19)34-4/h7-12,14,17H,6,13,15-16H2,1-5H3,(H,26,30)/t17-/m0/s1. The number of ether oxygens (including phenoxy) is 2. The van der Waals surface area contributed by atoms with Crippen molar-refractivity contribution < 1.29 is 27.5 Å². The van der Waals surface area contributed by atoms with Crippen molar-refractivity contribution in [2.24, 2.45) is 0 Å². The van der Waals surface area contributed by atoms with Crippen LogP contribution in [0.25, 0.3) is 0 Å². The van der Waals surface area contributed by atoms with E-state index >= 15 is 0 Å². The molecule has 0 aliphatic heterocycles. The van der Waals surface area contributed by atoms with E-state index in [9.17, 15) is 18.0 Å². The topological polar surface area (TPSA) is 105 Å². The van der Waals surface area contributed by atoms with Gasteiger partial charge in [0.25, 0.3) is 0 Å². The third-order valence-electron chi connectivity index (χ3n) is 5.35. The summed E-state index contributed by atoms with van der Waals surface area (Å²) in [5.74, 6) is -0.183. The van der Waals surface area contributed by atoms with Gasteiger partial charge in [-0.2, -0.15) is 0 Å². The molecule has 0 aliphatic rings. The van der Waals surface area contributed by atoms with Gasteiger partial charge in [-0.1, -0.05) is 36.7 Å². The van der Waals surface area contributed by atoms with Crippen LogP contribution in [0, 0.1) is 0 Å². The molecular formula is C24H32ClN3O6S. The Morgan fingerprint density at radius 3 is 2.31 bits per heavy atom. The minimum absolute atomic E-state index is 0.0305. The smallest absolute Gasteiger partial charge is 0.244 e. The maximum Gasteiger partial charge on any atom is 0.244 e. The molecule has 192 valence electrons. The molecule has 0 bridgehead atoms. The van der Waals surface area contributed by atoms with Crippen molar-refractivity contribution >= 4 is 39.1 Å². The molecule has 0 spiro atoms. The van der Waals surface area contributed by atoms with Gasteiger partial charge in [-0.25, -0.2) is 8.42 Å². The van der Waals surface area contributed by atoms with Crippen LogP contribution in [0.15, 0.2) is 42.5 Å². The first-order chi connectivity index (χ1) is 16.5. The molecule has 0 radical (unpaired) electrons. The Kier molecular flexibility index (Phi) is 10.2. The molecule has 0 heterocycles. The van der Waals surface area contributed by atoms with E-state index in [4.69, 9.17) is 21.1 Å². The van der Waals surface area contributed by atoms with Crippen molar-refractivity contribution in [1.29, 1.82) is 0 Å². The van der Waals surface area contributed by atoms with Crippen LogP contribution in [0.1, 0.15) is 25.8 Å². The second-order valence-corrected chi connectivity index (χ2v) is 10.2. The third kappa shape index (κ3) is 7.50. The van der Waals surface area contributed by atoms with Gasteiger partial charge in [-0.05, 0) is 37.1 Å². The molecule has 0 saturated carbocycles. The number of hydrogen-bond donors (Lipinski definition) is 1. The summed E-state index contributed by atoms with van der Waals surface area (Å²) in [7, 11) is -0.974. The van der Waals surface area contributed by atoms with Gasteiger partial charge in [-0.3, -0.25) is 13.9 Å². The fraction of sp³-hybridized carbons (Fsp3) is 0.417. The van der Waals surface area contributed by atoms with Gasteiger partial charge in [-0.15, -0.1) is 0 Å². The second-order valence-electron chi connectivity index (χ2n) is 7.89. The van der Waals surface area contributed by atoms with Crippen LogP contribution in [0.4, 0.5) is 5.69 Å². The van der Waals surface area contributed by atoms with Gasteiger partial charge in [0, 0.05) is 24.2 Å². The zero-order valence-corrected chi connectivity index (χ0v) is 22.1. The number of sulfonamides is 1. The highest BCUT2D eigenvalue weighted by molar-refractivity contribution is 7.92. The molecule has 1 atom stereocenters. The number of hydrogen-bond acceptors (Lipinski definition) is 6. The summed E-state index contributed by atoms with van der Waals surface area (Å²) < 4.78 is 36.8. The van der Waals surface area contributed by atoms with E-state index < -0.39 is 28.5 Å². The minimum Gasteiger partial charge on any atom is -0.493 e. The fourth-order valence-corrected chi connectivity index (χ4v) is 4.42. The molecule has 0 aromatic heterocycles. The Bertz CT molecular complexity index is 1140. The van der Waals surface area contributed by atoms with E-state index in [1.54, 1.807) is 37.3 Å².